The van der Waals surface area contributed by atoms with Crippen molar-refractivity contribution in [3.8, 4) is 0 Å². The fourth-order valence-electron chi connectivity index (χ4n) is 2.27. The fourth-order valence-corrected chi connectivity index (χ4v) is 2.77. The largest absolute Gasteiger partial charge is 0.381 e. The number of aromatic nitrogens is 2. The molecule has 1 aliphatic rings. The third kappa shape index (κ3) is 4.04. The fraction of sp³-hybridized carbons (Fsp3) is 0.692. The minimum absolute atomic E-state index is 0.680. The van der Waals surface area contributed by atoms with Crippen molar-refractivity contribution in [3.05, 3.63) is 10.7 Å². The van der Waals surface area contributed by atoms with Crippen LogP contribution in [0.3, 0.4) is 0 Å². The van der Waals surface area contributed by atoms with Crippen molar-refractivity contribution in [2.75, 3.05) is 43.6 Å². The third-order valence-electron chi connectivity index (χ3n) is 3.29. The predicted molar refractivity (Wildman–Crippen MR) is 80.7 cm³/mol. The molecule has 1 fully saturated rings. The Kier molecular flexibility index (Phi) is 5.39. The van der Waals surface area contributed by atoms with Gasteiger partial charge in [-0.15, -0.1) is 0 Å². The van der Waals surface area contributed by atoms with Gasteiger partial charge < -0.3 is 15.0 Å². The molecule has 1 N–H and O–H groups in total. The first kappa shape index (κ1) is 14.5. The Bertz CT molecular complexity index is 410. The van der Waals surface area contributed by atoms with E-state index in [0.717, 1.165) is 49.4 Å². The van der Waals surface area contributed by atoms with Gasteiger partial charge in [-0.2, -0.15) is 4.98 Å². The summed E-state index contributed by atoms with van der Waals surface area (Å²) in [5, 5.41) is 3.14. The van der Waals surface area contributed by atoms with Gasteiger partial charge >= 0.3 is 0 Å². The van der Waals surface area contributed by atoms with E-state index in [1.54, 1.807) is 6.20 Å². The van der Waals surface area contributed by atoms with Crippen molar-refractivity contribution in [2.24, 2.45) is 5.92 Å². The monoisotopic (exact) mass is 328 g/mol. The Balaban J connectivity index is 2.04. The number of hydrogen-bond donors (Lipinski definition) is 1. The summed E-state index contributed by atoms with van der Waals surface area (Å²) in [7, 11) is 2.08. The van der Waals surface area contributed by atoms with Crippen molar-refractivity contribution in [1.82, 2.24) is 9.97 Å². The van der Waals surface area contributed by atoms with E-state index in [1.165, 1.54) is 0 Å². The normalized spacial score (nSPS) is 16.4. The highest BCUT2D eigenvalue weighted by Crippen LogP contribution is 2.25. The van der Waals surface area contributed by atoms with Crippen LogP contribution in [0, 0.1) is 5.92 Å². The van der Waals surface area contributed by atoms with Gasteiger partial charge in [-0.05, 0) is 41.6 Å². The SMILES string of the molecule is CCNc1ncc(Br)c(N(C)CC2CCOCC2)n1. The molecule has 0 bridgehead atoms. The molecule has 0 spiro atoms. The smallest absolute Gasteiger partial charge is 0.224 e. The van der Waals surface area contributed by atoms with Gasteiger partial charge in [0.1, 0.15) is 5.82 Å². The van der Waals surface area contributed by atoms with E-state index in [0.29, 0.717) is 11.9 Å². The zero-order valence-electron chi connectivity index (χ0n) is 11.5. The second-order valence-electron chi connectivity index (χ2n) is 4.83. The third-order valence-corrected chi connectivity index (χ3v) is 3.85. The van der Waals surface area contributed by atoms with Crippen LogP contribution < -0.4 is 10.2 Å². The van der Waals surface area contributed by atoms with Crippen LogP contribution in [-0.4, -0.2) is 43.3 Å². The lowest BCUT2D eigenvalue weighted by atomic mass is 10.00. The number of rotatable bonds is 5. The summed E-state index contributed by atoms with van der Waals surface area (Å²) >= 11 is 3.53. The molecule has 0 saturated carbocycles. The summed E-state index contributed by atoms with van der Waals surface area (Å²) in [4.78, 5) is 11.0. The molecule has 19 heavy (non-hydrogen) atoms. The molecule has 106 valence electrons. The molecule has 6 heteroatoms. The molecule has 0 aromatic carbocycles. The van der Waals surface area contributed by atoms with E-state index < -0.39 is 0 Å². The Morgan fingerprint density at radius 3 is 2.89 bits per heavy atom. The first-order chi connectivity index (χ1) is 9.20. The summed E-state index contributed by atoms with van der Waals surface area (Å²) in [5.74, 6) is 2.31. The molecule has 0 aliphatic carbocycles. The highest BCUT2D eigenvalue weighted by molar-refractivity contribution is 9.10. The standard InChI is InChI=1S/C13H21BrN4O/c1-3-15-13-16-8-11(14)12(17-13)18(2)9-10-4-6-19-7-5-10/h8,10H,3-7,9H2,1-2H3,(H,15,16,17). The van der Waals surface area contributed by atoms with Crippen molar-refractivity contribution >= 4 is 27.7 Å². The molecule has 1 aromatic rings. The number of hydrogen-bond acceptors (Lipinski definition) is 5. The van der Waals surface area contributed by atoms with Crippen molar-refractivity contribution in [2.45, 2.75) is 19.8 Å². The van der Waals surface area contributed by atoms with Gasteiger partial charge in [0, 0.05) is 39.5 Å². The Morgan fingerprint density at radius 1 is 1.47 bits per heavy atom. The van der Waals surface area contributed by atoms with Gasteiger partial charge in [-0.3, -0.25) is 0 Å². The average molecular weight is 329 g/mol. The van der Waals surface area contributed by atoms with E-state index in [2.05, 4.69) is 43.2 Å². The molecule has 0 unspecified atom stereocenters. The summed E-state index contributed by atoms with van der Waals surface area (Å²) in [6.45, 7) is 5.63. The first-order valence-corrected chi connectivity index (χ1v) is 7.55. The Morgan fingerprint density at radius 2 is 2.21 bits per heavy atom. The lowest BCUT2D eigenvalue weighted by Gasteiger charge is -2.28. The van der Waals surface area contributed by atoms with Gasteiger partial charge in [-0.25, -0.2) is 4.98 Å². The van der Waals surface area contributed by atoms with Crippen molar-refractivity contribution in [1.29, 1.82) is 0 Å². The molecule has 0 atom stereocenters. The maximum atomic E-state index is 5.40. The van der Waals surface area contributed by atoms with Crippen LogP contribution in [0.15, 0.2) is 10.7 Å². The molecule has 0 radical (unpaired) electrons. The number of anilines is 2. The molecule has 0 amide bonds. The highest BCUT2D eigenvalue weighted by atomic mass is 79.9. The van der Waals surface area contributed by atoms with Crippen LogP contribution in [-0.2, 0) is 4.74 Å². The zero-order chi connectivity index (χ0) is 13.7. The Labute approximate surface area is 122 Å². The van der Waals surface area contributed by atoms with Crippen LogP contribution in [0.25, 0.3) is 0 Å². The minimum Gasteiger partial charge on any atom is -0.381 e. The maximum absolute atomic E-state index is 5.40. The van der Waals surface area contributed by atoms with E-state index in [4.69, 9.17) is 4.74 Å². The molecular weight excluding hydrogens is 308 g/mol. The lowest BCUT2D eigenvalue weighted by molar-refractivity contribution is 0.0685. The maximum Gasteiger partial charge on any atom is 0.224 e. The van der Waals surface area contributed by atoms with Crippen LogP contribution >= 0.6 is 15.9 Å². The molecule has 2 heterocycles. The van der Waals surface area contributed by atoms with Crippen molar-refractivity contribution < 1.29 is 4.74 Å². The number of nitrogens with one attached hydrogen (secondary N) is 1. The molecule has 1 aromatic heterocycles. The first-order valence-electron chi connectivity index (χ1n) is 6.76. The quantitative estimate of drug-likeness (QED) is 0.900. The van der Waals surface area contributed by atoms with Crippen LogP contribution in [0.2, 0.25) is 0 Å². The second kappa shape index (κ2) is 7.05. The van der Waals surface area contributed by atoms with E-state index >= 15 is 0 Å². The average Bonchev–Trinajstić information content (AvgIpc) is 2.42. The molecule has 1 saturated heterocycles. The molecule has 5 nitrogen and oxygen atoms in total. The van der Waals surface area contributed by atoms with E-state index in [-0.39, 0.29) is 0 Å². The highest BCUT2D eigenvalue weighted by Gasteiger charge is 2.18. The molecular formula is C13H21BrN4O. The number of halogens is 1. The summed E-state index contributed by atoms with van der Waals surface area (Å²) in [5.41, 5.74) is 0. The van der Waals surface area contributed by atoms with Gasteiger partial charge in [-0.1, -0.05) is 0 Å². The van der Waals surface area contributed by atoms with Gasteiger partial charge in [0.25, 0.3) is 0 Å². The minimum atomic E-state index is 0.680. The topological polar surface area (TPSA) is 50.3 Å². The van der Waals surface area contributed by atoms with E-state index in [1.807, 2.05) is 6.92 Å². The second-order valence-corrected chi connectivity index (χ2v) is 5.69. The lowest BCUT2D eigenvalue weighted by Crippen LogP contribution is -2.30. The van der Waals surface area contributed by atoms with Crippen LogP contribution in [0.4, 0.5) is 11.8 Å². The zero-order valence-corrected chi connectivity index (χ0v) is 13.1. The van der Waals surface area contributed by atoms with Gasteiger partial charge in [0.05, 0.1) is 4.47 Å². The predicted octanol–water partition coefficient (Wildman–Crippen LogP) is 2.53. The van der Waals surface area contributed by atoms with E-state index in [9.17, 15) is 0 Å². The van der Waals surface area contributed by atoms with Crippen LogP contribution in [0.5, 0.6) is 0 Å². The molecule has 1 aliphatic heterocycles. The van der Waals surface area contributed by atoms with Gasteiger partial charge in [0.2, 0.25) is 5.95 Å². The van der Waals surface area contributed by atoms with Crippen LogP contribution in [0.1, 0.15) is 19.8 Å². The number of nitrogens with zero attached hydrogens (tertiary/aromatic N) is 3. The summed E-state index contributed by atoms with van der Waals surface area (Å²) in [6.07, 6.45) is 4.07. The molecule has 2 rings (SSSR count). The van der Waals surface area contributed by atoms with Gasteiger partial charge in [0.15, 0.2) is 0 Å². The van der Waals surface area contributed by atoms with Crippen molar-refractivity contribution in [3.63, 3.8) is 0 Å². The number of ether oxygens (including phenoxy) is 1. The summed E-state index contributed by atoms with van der Waals surface area (Å²) in [6, 6.07) is 0. The summed E-state index contributed by atoms with van der Waals surface area (Å²) < 4.78 is 6.33. The Hall–Kier alpha value is -0.880.